The summed E-state index contributed by atoms with van der Waals surface area (Å²) >= 11 is 0. The van der Waals surface area contributed by atoms with Crippen molar-refractivity contribution >= 4 is 11.8 Å². The van der Waals surface area contributed by atoms with Gasteiger partial charge in [-0.15, -0.1) is 0 Å². The van der Waals surface area contributed by atoms with E-state index in [1.807, 2.05) is 0 Å². The van der Waals surface area contributed by atoms with Gasteiger partial charge in [0.15, 0.2) is 6.10 Å². The number of ether oxygens (including phenoxy) is 3. The van der Waals surface area contributed by atoms with Gasteiger partial charge in [0.25, 0.3) is 0 Å². The zero-order valence-electron chi connectivity index (χ0n) is 16.1. The van der Waals surface area contributed by atoms with Crippen LogP contribution in [0.4, 0.5) is 0 Å². The number of carbonyl (C=O) groups is 2. The number of aromatic hydroxyl groups is 1. The summed E-state index contributed by atoms with van der Waals surface area (Å²) in [5.74, 6) is -2.00. The Balaban J connectivity index is 2.68. The molecule has 148 valence electrons. The minimum absolute atomic E-state index is 0.0463. The first kappa shape index (κ1) is 20.7. The number of carbonyl (C=O) groups excluding carboxylic acids is 2. The summed E-state index contributed by atoms with van der Waals surface area (Å²) in [4.78, 5) is 25.0. The largest absolute Gasteiger partial charge is 0.509 e. The maximum atomic E-state index is 12.8. The smallest absolute Gasteiger partial charge is 0.341 e. The monoisotopic (exact) mass is 380 g/mol. The summed E-state index contributed by atoms with van der Waals surface area (Å²) in [5, 5.41) is 30.6. The summed E-state index contributed by atoms with van der Waals surface area (Å²) in [5.41, 5.74) is -1.04. The van der Waals surface area contributed by atoms with Gasteiger partial charge in [-0.25, -0.2) is 4.79 Å². The third-order valence-corrected chi connectivity index (χ3v) is 5.08. The number of aliphatic hydroxyl groups is 2. The van der Waals surface area contributed by atoms with E-state index in [0.29, 0.717) is 5.56 Å². The van der Waals surface area contributed by atoms with Gasteiger partial charge in [0.05, 0.1) is 7.11 Å². The van der Waals surface area contributed by atoms with E-state index in [0.717, 1.165) is 0 Å². The van der Waals surface area contributed by atoms with E-state index in [1.165, 1.54) is 41.1 Å². The molecule has 0 amide bonds. The highest BCUT2D eigenvalue weighted by atomic mass is 16.6. The molecule has 0 fully saturated rings. The molecular formula is C19H24O8. The van der Waals surface area contributed by atoms with Crippen LogP contribution in [0.1, 0.15) is 35.3 Å². The number of Topliss-reactive ketones (excluding diaryl/α,β-unsaturated/α-hetero) is 1. The normalized spacial score (nSPS) is 25.5. The molecule has 8 nitrogen and oxygen atoms in total. The molecular weight excluding hydrogens is 356 g/mol. The number of rotatable bonds is 4. The molecule has 1 aromatic rings. The fraction of sp³-hybridized carbons (Fsp3) is 0.474. The van der Waals surface area contributed by atoms with E-state index < -0.39 is 35.3 Å². The first-order valence-electron chi connectivity index (χ1n) is 8.26. The van der Waals surface area contributed by atoms with Gasteiger partial charge >= 0.3 is 5.97 Å². The van der Waals surface area contributed by atoms with Crippen molar-refractivity contribution in [2.24, 2.45) is 0 Å². The number of esters is 1. The average Bonchev–Trinajstić information content (AvgIpc) is 2.65. The van der Waals surface area contributed by atoms with Crippen LogP contribution in [0.5, 0.6) is 11.5 Å². The molecule has 0 radical (unpaired) electrons. The Morgan fingerprint density at radius 3 is 2.30 bits per heavy atom. The van der Waals surface area contributed by atoms with Crippen LogP contribution >= 0.6 is 0 Å². The Labute approximate surface area is 157 Å². The number of benzene rings is 1. The van der Waals surface area contributed by atoms with Crippen LogP contribution in [0, 0.1) is 13.8 Å². The van der Waals surface area contributed by atoms with Crippen LogP contribution < -0.4 is 4.74 Å². The molecule has 2 rings (SSSR count). The average molecular weight is 380 g/mol. The third-order valence-electron chi connectivity index (χ3n) is 5.08. The SMILES string of the molecule is COC(=O)c1c(C)cc(O)c(C)c1O[C@H]1C(=O)C(C)=C(O)[C@@H](O)[C@@]1(C)OC. The summed E-state index contributed by atoms with van der Waals surface area (Å²) in [6.45, 7) is 5.87. The predicted octanol–water partition coefficient (Wildman–Crippen LogP) is 1.72. The second-order valence-electron chi connectivity index (χ2n) is 6.70. The van der Waals surface area contributed by atoms with E-state index in [1.54, 1.807) is 6.92 Å². The Kier molecular flexibility index (Phi) is 5.53. The number of hydrogen-bond acceptors (Lipinski definition) is 8. The molecule has 1 aliphatic rings. The molecule has 0 aromatic heterocycles. The number of phenols is 1. The fourth-order valence-electron chi connectivity index (χ4n) is 3.08. The van der Waals surface area contributed by atoms with Gasteiger partial charge in [-0.05, 0) is 39.3 Å². The topological polar surface area (TPSA) is 123 Å². The quantitative estimate of drug-likeness (QED) is 0.675. The van der Waals surface area contributed by atoms with Crippen LogP contribution in [-0.4, -0.2) is 59.1 Å². The Hall–Kier alpha value is -2.58. The molecule has 27 heavy (non-hydrogen) atoms. The lowest BCUT2D eigenvalue weighted by Gasteiger charge is -2.42. The zero-order chi connectivity index (χ0) is 20.7. The van der Waals surface area contributed by atoms with Crippen molar-refractivity contribution in [3.63, 3.8) is 0 Å². The Morgan fingerprint density at radius 1 is 1.19 bits per heavy atom. The van der Waals surface area contributed by atoms with Crippen LogP contribution in [0.3, 0.4) is 0 Å². The second-order valence-corrected chi connectivity index (χ2v) is 6.70. The number of aryl methyl sites for hydroxylation is 1. The first-order valence-corrected chi connectivity index (χ1v) is 8.26. The van der Waals surface area contributed by atoms with Crippen LogP contribution in [-0.2, 0) is 14.3 Å². The van der Waals surface area contributed by atoms with Gasteiger partial charge in [0, 0.05) is 18.2 Å². The molecule has 0 spiro atoms. The molecule has 3 N–H and O–H groups in total. The van der Waals surface area contributed by atoms with Gasteiger partial charge in [-0.3, -0.25) is 4.79 Å². The Morgan fingerprint density at radius 2 is 1.78 bits per heavy atom. The van der Waals surface area contributed by atoms with E-state index in [2.05, 4.69) is 0 Å². The lowest BCUT2D eigenvalue weighted by molar-refractivity contribution is -0.165. The van der Waals surface area contributed by atoms with Gasteiger partial charge in [0.2, 0.25) is 5.78 Å². The molecule has 1 aliphatic carbocycles. The van der Waals surface area contributed by atoms with Gasteiger partial charge in [0.1, 0.15) is 34.5 Å². The predicted molar refractivity (Wildman–Crippen MR) is 95.1 cm³/mol. The zero-order valence-corrected chi connectivity index (χ0v) is 16.1. The third kappa shape index (κ3) is 3.15. The molecule has 0 aliphatic heterocycles. The lowest BCUT2D eigenvalue weighted by atomic mass is 9.79. The van der Waals surface area contributed by atoms with Crippen LogP contribution in [0.15, 0.2) is 17.4 Å². The summed E-state index contributed by atoms with van der Waals surface area (Å²) < 4.78 is 16.0. The van der Waals surface area contributed by atoms with Crippen molar-refractivity contribution in [3.8, 4) is 11.5 Å². The molecule has 0 bridgehead atoms. The molecule has 1 aromatic carbocycles. The molecule has 8 heteroatoms. The van der Waals surface area contributed by atoms with E-state index in [4.69, 9.17) is 14.2 Å². The minimum Gasteiger partial charge on any atom is -0.509 e. The lowest BCUT2D eigenvalue weighted by Crippen LogP contribution is -2.61. The molecule has 0 saturated heterocycles. The van der Waals surface area contributed by atoms with E-state index >= 15 is 0 Å². The first-order chi connectivity index (χ1) is 12.5. The number of ketones is 1. The number of hydrogen-bond donors (Lipinski definition) is 3. The van der Waals surface area contributed by atoms with Gasteiger partial charge in [-0.1, -0.05) is 0 Å². The minimum atomic E-state index is -1.63. The van der Waals surface area contributed by atoms with Crippen molar-refractivity contribution in [3.05, 3.63) is 34.1 Å². The highest BCUT2D eigenvalue weighted by Gasteiger charge is 2.54. The van der Waals surface area contributed by atoms with Crippen molar-refractivity contribution in [1.29, 1.82) is 0 Å². The fourth-order valence-corrected chi connectivity index (χ4v) is 3.08. The number of methoxy groups -OCH3 is 2. The summed E-state index contributed by atoms with van der Waals surface area (Å²) in [6.07, 6.45) is -2.90. The number of phenolic OH excluding ortho intramolecular Hbond substituents is 1. The van der Waals surface area contributed by atoms with Crippen LogP contribution in [0.2, 0.25) is 0 Å². The van der Waals surface area contributed by atoms with Gasteiger partial charge in [-0.2, -0.15) is 0 Å². The van der Waals surface area contributed by atoms with Crippen molar-refractivity contribution in [1.82, 2.24) is 0 Å². The van der Waals surface area contributed by atoms with Crippen molar-refractivity contribution in [2.45, 2.75) is 45.5 Å². The maximum absolute atomic E-state index is 12.8. The summed E-state index contributed by atoms with van der Waals surface area (Å²) in [7, 11) is 2.47. The van der Waals surface area contributed by atoms with Crippen LogP contribution in [0.25, 0.3) is 0 Å². The van der Waals surface area contributed by atoms with E-state index in [-0.39, 0.29) is 28.2 Å². The molecule has 3 atom stereocenters. The molecule has 0 saturated carbocycles. The van der Waals surface area contributed by atoms with Gasteiger partial charge < -0.3 is 29.5 Å². The Bertz CT molecular complexity index is 825. The second kappa shape index (κ2) is 7.21. The van der Waals surface area contributed by atoms with Crippen molar-refractivity contribution in [2.75, 3.05) is 14.2 Å². The summed E-state index contributed by atoms with van der Waals surface area (Å²) in [6, 6.07) is 1.39. The maximum Gasteiger partial charge on any atom is 0.341 e. The highest BCUT2D eigenvalue weighted by Crippen LogP contribution is 2.40. The standard InChI is InChI=1S/C19H24O8/c1-8-7-11(20)9(2)15(12(8)18(24)25-5)27-17-14(22)10(3)13(21)16(23)19(17,4)26-6/h7,16-17,20-21,23H,1-6H3/t16-,17+,19-/m1/s1. The molecule has 0 unspecified atom stereocenters. The number of aliphatic hydroxyl groups excluding tert-OH is 2. The highest BCUT2D eigenvalue weighted by molar-refractivity contribution is 6.02. The van der Waals surface area contributed by atoms with E-state index in [9.17, 15) is 24.9 Å². The van der Waals surface area contributed by atoms with Crippen molar-refractivity contribution < 1.29 is 39.1 Å². The molecule has 0 heterocycles.